The minimum absolute atomic E-state index is 0.965. The van der Waals surface area contributed by atoms with Crippen molar-refractivity contribution < 1.29 is 0 Å². The van der Waals surface area contributed by atoms with Crippen LogP contribution in [-0.4, -0.2) is 38.8 Å². The maximum absolute atomic E-state index is 3.48. The van der Waals surface area contributed by atoms with Crippen molar-refractivity contribution in [2.75, 3.05) is 20.1 Å². The van der Waals surface area contributed by atoms with Crippen LogP contribution in [0.15, 0.2) is 0 Å². The van der Waals surface area contributed by atoms with Crippen molar-refractivity contribution >= 4 is 14.8 Å². The molecule has 1 aliphatic heterocycles. The van der Waals surface area contributed by atoms with Gasteiger partial charge >= 0.3 is 48.8 Å². The van der Waals surface area contributed by atoms with Gasteiger partial charge in [-0.2, -0.15) is 0 Å². The Balaban J connectivity index is 2.33. The molecule has 1 rings (SSSR count). The van der Waals surface area contributed by atoms with Crippen LogP contribution in [0.3, 0.4) is 0 Å². The summed E-state index contributed by atoms with van der Waals surface area (Å²) < 4.78 is 5.96. The fraction of sp³-hybridized carbons (Fsp3) is 1.00. The van der Waals surface area contributed by atoms with E-state index in [-0.39, 0.29) is 0 Å². The molecule has 0 spiro atoms. The second-order valence-corrected chi connectivity index (χ2v) is 7.65. The molecule has 1 fully saturated rings. The number of hydrogen-bond acceptors (Lipinski definition) is 2. The first-order valence-corrected chi connectivity index (χ1v) is 7.46. The molecular formula is C4H12GeN2. The fourth-order valence-corrected chi connectivity index (χ4v) is 3.68. The molecule has 7 heavy (non-hydrogen) atoms. The van der Waals surface area contributed by atoms with Crippen molar-refractivity contribution in [3.05, 3.63) is 0 Å². The summed E-state index contributed by atoms with van der Waals surface area (Å²) in [6.07, 6.45) is 0. The molecule has 0 bridgehead atoms. The van der Waals surface area contributed by atoms with Crippen molar-refractivity contribution in [3.8, 4) is 0 Å². The third-order valence-corrected chi connectivity index (χ3v) is 6.73. The summed E-state index contributed by atoms with van der Waals surface area (Å²) in [5.74, 6) is 2.36. The molecule has 0 aliphatic carbocycles. The van der Waals surface area contributed by atoms with Crippen LogP contribution in [0.25, 0.3) is 0 Å². The van der Waals surface area contributed by atoms with Crippen molar-refractivity contribution in [2.24, 2.45) is 0 Å². The number of likely N-dealkylation sites (N-methyl/N-ethyl adjacent to an activating group) is 1. The van der Waals surface area contributed by atoms with E-state index in [4.69, 9.17) is 0 Å². The van der Waals surface area contributed by atoms with Crippen molar-refractivity contribution in [1.82, 2.24) is 8.13 Å². The zero-order valence-corrected chi connectivity index (χ0v) is 7.36. The van der Waals surface area contributed by atoms with E-state index < -0.39 is 14.8 Å². The second kappa shape index (κ2) is 2.15. The molecule has 0 aromatic rings. The normalized spacial score (nSPS) is 34.3. The summed E-state index contributed by atoms with van der Waals surface area (Å²) >= 11 is -0.965. The summed E-state index contributed by atoms with van der Waals surface area (Å²) in [7, 11) is 2.21. The van der Waals surface area contributed by atoms with Crippen LogP contribution in [0.4, 0.5) is 0 Å². The predicted octanol–water partition coefficient (Wildman–Crippen LogP) is -0.628. The molecule has 1 atom stereocenters. The molecule has 0 radical (unpaired) electrons. The maximum atomic E-state index is 3.48. The van der Waals surface area contributed by atoms with Gasteiger partial charge in [0.25, 0.3) is 0 Å². The standard InChI is InChI=1S/C4H12GeN2/c1-5-6-3-4-7(5)2/h5-6H,3-4H2,1-2H3. The Kier molecular flexibility index (Phi) is 1.72. The van der Waals surface area contributed by atoms with Crippen molar-refractivity contribution in [2.45, 2.75) is 5.76 Å². The van der Waals surface area contributed by atoms with Crippen LogP contribution in [0.1, 0.15) is 0 Å². The van der Waals surface area contributed by atoms with Crippen LogP contribution in [0, 0.1) is 0 Å². The van der Waals surface area contributed by atoms with E-state index in [0.29, 0.717) is 0 Å². The molecule has 0 aromatic carbocycles. The van der Waals surface area contributed by atoms with E-state index in [1.807, 2.05) is 0 Å². The van der Waals surface area contributed by atoms with E-state index in [2.05, 4.69) is 20.9 Å². The van der Waals surface area contributed by atoms with E-state index in [1.54, 1.807) is 0 Å². The molecule has 0 aromatic heterocycles. The predicted molar refractivity (Wildman–Crippen MR) is 33.6 cm³/mol. The summed E-state index contributed by atoms with van der Waals surface area (Å²) in [6.45, 7) is 2.51. The van der Waals surface area contributed by atoms with Gasteiger partial charge in [0.2, 0.25) is 0 Å². The Morgan fingerprint density at radius 2 is 2.43 bits per heavy atom. The summed E-state index contributed by atoms with van der Waals surface area (Å²) in [5.41, 5.74) is 0. The first-order valence-electron chi connectivity index (χ1n) is 2.74. The van der Waals surface area contributed by atoms with Crippen LogP contribution in [0.2, 0.25) is 5.76 Å². The van der Waals surface area contributed by atoms with Gasteiger partial charge in [0.1, 0.15) is 0 Å². The van der Waals surface area contributed by atoms with Gasteiger partial charge < -0.3 is 0 Å². The number of nitrogens with one attached hydrogen (secondary N) is 1. The average molecular weight is 161 g/mol. The van der Waals surface area contributed by atoms with E-state index in [0.717, 1.165) is 0 Å². The Bertz CT molecular complexity index is 58.7. The van der Waals surface area contributed by atoms with Gasteiger partial charge in [0.05, 0.1) is 0 Å². The van der Waals surface area contributed by atoms with E-state index in [1.165, 1.54) is 13.1 Å². The average Bonchev–Trinajstić information content (AvgIpc) is 1.91. The molecule has 2 nitrogen and oxygen atoms in total. The SMILES string of the molecule is C[N]1CC[NH][GeH]1[CH3]. The Labute approximate surface area is 49.4 Å². The molecule has 1 saturated heterocycles. The third kappa shape index (κ3) is 1.18. The topological polar surface area (TPSA) is 15.3 Å². The van der Waals surface area contributed by atoms with Crippen LogP contribution >= 0.6 is 0 Å². The number of nitrogens with zero attached hydrogens (tertiary/aromatic N) is 1. The number of hydrogen-bond donors (Lipinski definition) is 1. The van der Waals surface area contributed by atoms with Crippen LogP contribution in [0.5, 0.6) is 0 Å². The fourth-order valence-electron chi connectivity index (χ4n) is 0.799. The minimum atomic E-state index is -0.965. The van der Waals surface area contributed by atoms with Gasteiger partial charge in [-0.3, -0.25) is 0 Å². The summed E-state index contributed by atoms with van der Waals surface area (Å²) in [5, 5.41) is 0. The van der Waals surface area contributed by atoms with Gasteiger partial charge in [-0.15, -0.1) is 0 Å². The third-order valence-electron chi connectivity index (χ3n) is 1.57. The molecule has 1 N–H and O–H groups in total. The monoisotopic (exact) mass is 162 g/mol. The van der Waals surface area contributed by atoms with Crippen molar-refractivity contribution in [3.63, 3.8) is 0 Å². The van der Waals surface area contributed by atoms with Gasteiger partial charge in [-0.05, 0) is 0 Å². The van der Waals surface area contributed by atoms with Crippen molar-refractivity contribution in [1.29, 1.82) is 0 Å². The second-order valence-electron chi connectivity index (χ2n) is 2.11. The Morgan fingerprint density at radius 1 is 1.71 bits per heavy atom. The van der Waals surface area contributed by atoms with Crippen LogP contribution < -0.4 is 4.27 Å². The molecule has 0 amide bonds. The molecular weight excluding hydrogens is 149 g/mol. The molecule has 1 unspecified atom stereocenters. The zero-order chi connectivity index (χ0) is 5.28. The molecule has 0 saturated carbocycles. The van der Waals surface area contributed by atoms with E-state index in [9.17, 15) is 0 Å². The quantitative estimate of drug-likeness (QED) is 0.475. The Hall–Kier alpha value is 0.463. The van der Waals surface area contributed by atoms with E-state index >= 15 is 0 Å². The summed E-state index contributed by atoms with van der Waals surface area (Å²) in [4.78, 5) is 0. The zero-order valence-electron chi connectivity index (χ0n) is 4.94. The molecule has 1 heterocycles. The van der Waals surface area contributed by atoms with Gasteiger partial charge in [0, 0.05) is 0 Å². The van der Waals surface area contributed by atoms with Crippen LogP contribution in [-0.2, 0) is 0 Å². The first-order chi connectivity index (χ1) is 3.30. The number of rotatable bonds is 0. The first kappa shape index (κ1) is 5.60. The molecule has 1 aliphatic rings. The van der Waals surface area contributed by atoms with Gasteiger partial charge in [0.15, 0.2) is 0 Å². The Morgan fingerprint density at radius 3 is 2.57 bits per heavy atom. The van der Waals surface area contributed by atoms with Gasteiger partial charge in [-0.1, -0.05) is 0 Å². The molecule has 3 heteroatoms. The van der Waals surface area contributed by atoms with Gasteiger partial charge in [-0.25, -0.2) is 0 Å². The molecule has 42 valence electrons. The summed E-state index contributed by atoms with van der Waals surface area (Å²) in [6, 6.07) is 0.